The van der Waals surface area contributed by atoms with E-state index in [1.807, 2.05) is 24.3 Å². The van der Waals surface area contributed by atoms with E-state index in [4.69, 9.17) is 0 Å². The molecule has 0 unspecified atom stereocenters. The molecule has 1 aromatic carbocycles. The van der Waals surface area contributed by atoms with Crippen molar-refractivity contribution in [2.24, 2.45) is 0 Å². The molecule has 0 bridgehead atoms. The van der Waals surface area contributed by atoms with Gasteiger partial charge in [0, 0.05) is 10.5 Å². The number of hydrogen-bond acceptors (Lipinski definition) is 3. The van der Waals surface area contributed by atoms with Crippen LogP contribution in [0.25, 0.3) is 11.4 Å². The second-order valence-electron chi connectivity index (χ2n) is 2.38. The van der Waals surface area contributed by atoms with Crippen LogP contribution in [-0.2, 0) is 0 Å². The lowest BCUT2D eigenvalue weighted by atomic mass is 10.2. The Hall–Kier alpha value is -1.29. The molecule has 1 N–H and O–H groups in total. The summed E-state index contributed by atoms with van der Waals surface area (Å²) in [7, 11) is 0. The molecule has 12 heavy (non-hydrogen) atoms. The van der Waals surface area contributed by atoms with Gasteiger partial charge in [-0.2, -0.15) is 5.10 Å². The highest BCUT2D eigenvalue weighted by Gasteiger charge is 1.98. The Labute approximate surface area is 75.3 Å². The van der Waals surface area contributed by atoms with Crippen molar-refractivity contribution in [1.29, 1.82) is 0 Å². The second kappa shape index (κ2) is 2.98. The maximum Gasteiger partial charge on any atom is 0.155 e. The molecule has 0 amide bonds. The van der Waals surface area contributed by atoms with E-state index >= 15 is 0 Å². The molecule has 2 aromatic rings. The Morgan fingerprint density at radius 1 is 1.33 bits per heavy atom. The Kier molecular flexibility index (Phi) is 1.83. The summed E-state index contributed by atoms with van der Waals surface area (Å²) in [5.41, 5.74) is 1.00. The first-order valence-corrected chi connectivity index (χ1v) is 3.96. The van der Waals surface area contributed by atoms with Gasteiger partial charge in [-0.25, -0.2) is 4.98 Å². The number of nitrogens with zero attached hydrogens (tertiary/aromatic N) is 2. The molecule has 1 aromatic heterocycles. The average molecular weight is 177 g/mol. The maximum atomic E-state index is 4.22. The zero-order chi connectivity index (χ0) is 8.39. The SMILES string of the molecule is Sc1cccc(-c2ncn[nH]2)c1. The highest BCUT2D eigenvalue weighted by molar-refractivity contribution is 7.80. The minimum atomic E-state index is 0.769. The Bertz CT molecular complexity index is 370. The van der Waals surface area contributed by atoms with Crippen molar-refractivity contribution in [3.8, 4) is 11.4 Å². The zero-order valence-electron chi connectivity index (χ0n) is 6.23. The largest absolute Gasteiger partial charge is 0.259 e. The van der Waals surface area contributed by atoms with Gasteiger partial charge in [0.25, 0.3) is 0 Å². The van der Waals surface area contributed by atoms with Gasteiger partial charge in [-0.1, -0.05) is 12.1 Å². The van der Waals surface area contributed by atoms with E-state index in [9.17, 15) is 0 Å². The Morgan fingerprint density at radius 2 is 2.25 bits per heavy atom. The first-order valence-electron chi connectivity index (χ1n) is 3.51. The first-order chi connectivity index (χ1) is 5.86. The molecule has 0 aliphatic carbocycles. The number of benzene rings is 1. The van der Waals surface area contributed by atoms with Crippen molar-refractivity contribution in [3.05, 3.63) is 30.6 Å². The van der Waals surface area contributed by atoms with Crippen molar-refractivity contribution >= 4 is 12.6 Å². The van der Waals surface area contributed by atoms with Crippen molar-refractivity contribution in [2.45, 2.75) is 4.90 Å². The lowest BCUT2D eigenvalue weighted by Gasteiger charge is -1.95. The normalized spacial score (nSPS) is 10.1. The van der Waals surface area contributed by atoms with Gasteiger partial charge in [0.1, 0.15) is 6.33 Å². The summed E-state index contributed by atoms with van der Waals surface area (Å²) in [6, 6.07) is 7.74. The third-order valence-electron chi connectivity index (χ3n) is 1.53. The average Bonchev–Trinajstić information content (AvgIpc) is 2.56. The fraction of sp³-hybridized carbons (Fsp3) is 0. The fourth-order valence-corrected chi connectivity index (χ4v) is 1.22. The van der Waals surface area contributed by atoms with Crippen LogP contribution in [0.4, 0.5) is 0 Å². The molecule has 1 heterocycles. The summed E-state index contributed by atoms with van der Waals surface area (Å²) in [6.45, 7) is 0. The quantitative estimate of drug-likeness (QED) is 0.652. The van der Waals surface area contributed by atoms with E-state index in [-0.39, 0.29) is 0 Å². The Morgan fingerprint density at radius 3 is 2.92 bits per heavy atom. The predicted molar refractivity (Wildman–Crippen MR) is 49.1 cm³/mol. The predicted octanol–water partition coefficient (Wildman–Crippen LogP) is 1.76. The highest BCUT2D eigenvalue weighted by atomic mass is 32.1. The third kappa shape index (κ3) is 1.33. The topological polar surface area (TPSA) is 41.6 Å². The molecule has 0 aliphatic heterocycles. The van der Waals surface area contributed by atoms with Gasteiger partial charge in [-0.05, 0) is 12.1 Å². The molecule has 0 radical (unpaired) electrons. The maximum absolute atomic E-state index is 4.22. The lowest BCUT2D eigenvalue weighted by molar-refractivity contribution is 1.09. The van der Waals surface area contributed by atoms with Crippen LogP contribution in [0.5, 0.6) is 0 Å². The molecule has 0 saturated carbocycles. The molecule has 3 nitrogen and oxygen atoms in total. The van der Waals surface area contributed by atoms with E-state index in [0.717, 1.165) is 16.3 Å². The minimum absolute atomic E-state index is 0.769. The van der Waals surface area contributed by atoms with Crippen molar-refractivity contribution in [3.63, 3.8) is 0 Å². The molecular formula is C8H7N3S. The summed E-state index contributed by atoms with van der Waals surface area (Å²) in [6.07, 6.45) is 1.49. The number of nitrogens with one attached hydrogen (secondary N) is 1. The fourth-order valence-electron chi connectivity index (χ4n) is 0.998. The molecule has 4 heteroatoms. The van der Waals surface area contributed by atoms with Gasteiger partial charge < -0.3 is 0 Å². The monoisotopic (exact) mass is 177 g/mol. The van der Waals surface area contributed by atoms with Gasteiger partial charge in [-0.3, -0.25) is 5.10 Å². The number of rotatable bonds is 1. The smallest absolute Gasteiger partial charge is 0.155 e. The molecule has 0 fully saturated rings. The standard InChI is InChI=1S/C8H7N3S/c12-7-3-1-2-6(4-7)8-9-5-10-11-8/h1-5,12H,(H,9,10,11). The van der Waals surface area contributed by atoms with Crippen LogP contribution in [0.2, 0.25) is 0 Å². The first kappa shape index (κ1) is 7.36. The molecule has 0 saturated heterocycles. The van der Waals surface area contributed by atoms with Crippen LogP contribution >= 0.6 is 12.6 Å². The van der Waals surface area contributed by atoms with Crippen molar-refractivity contribution in [1.82, 2.24) is 15.2 Å². The zero-order valence-corrected chi connectivity index (χ0v) is 7.12. The van der Waals surface area contributed by atoms with Crippen LogP contribution in [0.15, 0.2) is 35.5 Å². The second-order valence-corrected chi connectivity index (χ2v) is 2.90. The van der Waals surface area contributed by atoms with Crippen LogP contribution in [0.1, 0.15) is 0 Å². The van der Waals surface area contributed by atoms with Crippen LogP contribution in [-0.4, -0.2) is 15.2 Å². The lowest BCUT2D eigenvalue weighted by Crippen LogP contribution is -1.79. The molecule has 60 valence electrons. The molecule has 0 aliphatic rings. The summed E-state index contributed by atoms with van der Waals surface area (Å²) >= 11 is 4.22. The number of aromatic amines is 1. The van der Waals surface area contributed by atoms with Gasteiger partial charge >= 0.3 is 0 Å². The summed E-state index contributed by atoms with van der Waals surface area (Å²) in [5, 5.41) is 6.55. The summed E-state index contributed by atoms with van der Waals surface area (Å²) in [5.74, 6) is 0.769. The van der Waals surface area contributed by atoms with Crippen molar-refractivity contribution < 1.29 is 0 Å². The van der Waals surface area contributed by atoms with Crippen LogP contribution in [0, 0.1) is 0 Å². The minimum Gasteiger partial charge on any atom is -0.259 e. The van der Waals surface area contributed by atoms with E-state index in [0.29, 0.717) is 0 Å². The number of aromatic nitrogens is 3. The van der Waals surface area contributed by atoms with E-state index < -0.39 is 0 Å². The highest BCUT2D eigenvalue weighted by Crippen LogP contribution is 2.16. The van der Waals surface area contributed by atoms with Crippen LogP contribution in [0.3, 0.4) is 0 Å². The van der Waals surface area contributed by atoms with E-state index in [2.05, 4.69) is 27.8 Å². The molecule has 0 atom stereocenters. The van der Waals surface area contributed by atoms with Crippen molar-refractivity contribution in [2.75, 3.05) is 0 Å². The van der Waals surface area contributed by atoms with Gasteiger partial charge in [0.2, 0.25) is 0 Å². The van der Waals surface area contributed by atoms with E-state index in [1.54, 1.807) is 0 Å². The van der Waals surface area contributed by atoms with Gasteiger partial charge in [0.05, 0.1) is 0 Å². The third-order valence-corrected chi connectivity index (χ3v) is 1.81. The van der Waals surface area contributed by atoms with Gasteiger partial charge in [-0.15, -0.1) is 12.6 Å². The van der Waals surface area contributed by atoms with Gasteiger partial charge in [0.15, 0.2) is 5.82 Å². The van der Waals surface area contributed by atoms with E-state index in [1.165, 1.54) is 6.33 Å². The summed E-state index contributed by atoms with van der Waals surface area (Å²) in [4.78, 5) is 4.95. The van der Waals surface area contributed by atoms with Crippen LogP contribution < -0.4 is 0 Å². The molecule has 2 rings (SSSR count). The number of thiol groups is 1. The number of hydrogen-bond donors (Lipinski definition) is 2. The molecular weight excluding hydrogens is 170 g/mol. The Balaban J connectivity index is 2.48. The number of H-pyrrole nitrogens is 1. The summed E-state index contributed by atoms with van der Waals surface area (Å²) < 4.78 is 0. The molecule has 0 spiro atoms.